The minimum Gasteiger partial charge on any atom is -0.263 e. The summed E-state index contributed by atoms with van der Waals surface area (Å²) < 4.78 is 27.7. The van der Waals surface area contributed by atoms with Crippen LogP contribution in [-0.4, -0.2) is 19.6 Å². The Hall–Kier alpha value is -2.01. The van der Waals surface area contributed by atoms with Crippen molar-refractivity contribution in [2.75, 3.05) is 4.31 Å². The van der Waals surface area contributed by atoms with Crippen LogP contribution in [0.2, 0.25) is 0 Å². The summed E-state index contributed by atoms with van der Waals surface area (Å²) in [4.78, 5) is 4.10. The van der Waals surface area contributed by atoms with Crippen molar-refractivity contribution < 1.29 is 8.42 Å². The smallest absolute Gasteiger partial charge is 0.263 e. The van der Waals surface area contributed by atoms with Gasteiger partial charge in [-0.15, -0.1) is 0 Å². The molecular formula is C17H16N2O2S2. The second-order valence-corrected chi connectivity index (χ2v) is 7.51. The monoisotopic (exact) mass is 344 g/mol. The lowest BCUT2D eigenvalue weighted by Crippen LogP contribution is -2.42. The number of fused-ring (bicyclic) bond motifs is 1. The summed E-state index contributed by atoms with van der Waals surface area (Å²) in [6.45, 7) is 1.94. The van der Waals surface area contributed by atoms with Crippen molar-refractivity contribution in [1.82, 2.24) is 0 Å². The third-order valence-electron chi connectivity index (χ3n) is 4.03. The van der Waals surface area contributed by atoms with Crippen LogP contribution in [0.3, 0.4) is 0 Å². The Morgan fingerprint density at radius 1 is 1.17 bits per heavy atom. The zero-order chi connectivity index (χ0) is 16.4. The molecule has 4 nitrogen and oxygen atoms in total. The van der Waals surface area contributed by atoms with Gasteiger partial charge in [-0.05, 0) is 67.9 Å². The van der Waals surface area contributed by atoms with Gasteiger partial charge in [0.15, 0.2) is 0 Å². The second-order valence-electron chi connectivity index (χ2n) is 5.51. The van der Waals surface area contributed by atoms with Gasteiger partial charge < -0.3 is 0 Å². The molecule has 118 valence electrons. The normalized spacial score (nSPS) is 17.3. The number of rotatable bonds is 3. The summed E-state index contributed by atoms with van der Waals surface area (Å²) in [7, 11) is -3.61. The van der Waals surface area contributed by atoms with Crippen molar-refractivity contribution in [2.45, 2.75) is 30.7 Å². The van der Waals surface area contributed by atoms with Gasteiger partial charge in [0, 0.05) is 6.04 Å². The minimum absolute atomic E-state index is 0.0754. The molecule has 23 heavy (non-hydrogen) atoms. The highest BCUT2D eigenvalue weighted by molar-refractivity contribution is 7.92. The van der Waals surface area contributed by atoms with Gasteiger partial charge in [-0.1, -0.05) is 18.2 Å². The Morgan fingerprint density at radius 3 is 2.57 bits per heavy atom. The van der Waals surface area contributed by atoms with E-state index in [-0.39, 0.29) is 10.9 Å². The predicted octanol–water partition coefficient (Wildman–Crippen LogP) is 3.95. The number of benzene rings is 2. The zero-order valence-electron chi connectivity index (χ0n) is 12.6. The molecule has 3 rings (SSSR count). The molecule has 6 heteroatoms. The fraction of sp³-hybridized carbons (Fsp3) is 0.235. The Morgan fingerprint density at radius 2 is 1.87 bits per heavy atom. The van der Waals surface area contributed by atoms with E-state index >= 15 is 0 Å². The standard InChI is InChI=1S/C17H16N2O2S2/c1-13-6-7-14-4-2-3-5-17(14)19(13)23(20,21)16-10-8-15(9-11-16)18-12-22/h2-5,8-11,13H,6-7H2,1H3/t13-/m1/s1. The van der Waals surface area contributed by atoms with Gasteiger partial charge in [-0.2, -0.15) is 4.99 Å². The number of sulfonamides is 1. The second kappa shape index (κ2) is 6.24. The van der Waals surface area contributed by atoms with Crippen molar-refractivity contribution in [3.63, 3.8) is 0 Å². The number of hydrogen-bond acceptors (Lipinski definition) is 4. The van der Waals surface area contributed by atoms with Crippen LogP contribution in [0, 0.1) is 0 Å². The molecule has 0 fully saturated rings. The van der Waals surface area contributed by atoms with Crippen molar-refractivity contribution in [2.24, 2.45) is 4.99 Å². The molecule has 0 aromatic heterocycles. The van der Waals surface area contributed by atoms with Crippen LogP contribution < -0.4 is 4.31 Å². The highest BCUT2D eigenvalue weighted by Crippen LogP contribution is 2.35. The molecule has 0 unspecified atom stereocenters. The van der Waals surface area contributed by atoms with E-state index in [1.807, 2.05) is 31.2 Å². The summed E-state index contributed by atoms with van der Waals surface area (Å²) >= 11 is 4.56. The van der Waals surface area contributed by atoms with E-state index in [1.165, 1.54) is 4.31 Å². The molecule has 0 N–H and O–H groups in total. The molecule has 0 saturated carbocycles. The van der Waals surface area contributed by atoms with E-state index in [0.29, 0.717) is 5.69 Å². The van der Waals surface area contributed by atoms with Crippen LogP contribution >= 0.6 is 12.2 Å². The minimum atomic E-state index is -3.61. The van der Waals surface area contributed by atoms with Crippen LogP contribution in [0.1, 0.15) is 18.9 Å². The Balaban J connectivity index is 2.07. The lowest BCUT2D eigenvalue weighted by molar-refractivity contribution is 0.563. The first-order valence-electron chi connectivity index (χ1n) is 7.34. The van der Waals surface area contributed by atoms with E-state index < -0.39 is 10.0 Å². The van der Waals surface area contributed by atoms with E-state index in [0.717, 1.165) is 24.1 Å². The lowest BCUT2D eigenvalue weighted by atomic mass is 9.99. The van der Waals surface area contributed by atoms with E-state index in [1.54, 1.807) is 24.3 Å². The summed E-state index contributed by atoms with van der Waals surface area (Å²) in [5, 5.41) is 2.27. The van der Waals surface area contributed by atoms with Gasteiger partial charge in [0.05, 0.1) is 21.4 Å². The number of thiocarbonyl (C=S) groups is 1. The van der Waals surface area contributed by atoms with Gasteiger partial charge >= 0.3 is 0 Å². The molecule has 0 amide bonds. The Bertz CT molecular complexity index is 870. The molecule has 0 spiro atoms. The van der Waals surface area contributed by atoms with Gasteiger partial charge in [0.2, 0.25) is 0 Å². The number of aryl methyl sites for hydroxylation is 1. The average molecular weight is 344 g/mol. The molecule has 1 aliphatic heterocycles. The van der Waals surface area contributed by atoms with Crippen LogP contribution in [0.5, 0.6) is 0 Å². The quantitative estimate of drug-likeness (QED) is 0.626. The largest absolute Gasteiger partial charge is 0.264 e. The zero-order valence-corrected chi connectivity index (χ0v) is 14.3. The number of isothiocyanates is 1. The summed E-state index contributed by atoms with van der Waals surface area (Å²) in [5.74, 6) is 0. The lowest BCUT2D eigenvalue weighted by Gasteiger charge is -2.36. The first-order valence-corrected chi connectivity index (χ1v) is 9.19. The van der Waals surface area contributed by atoms with Gasteiger partial charge in [-0.25, -0.2) is 8.42 Å². The average Bonchev–Trinajstić information content (AvgIpc) is 2.55. The molecular weight excluding hydrogens is 328 g/mol. The SMILES string of the molecule is C[C@@H]1CCc2ccccc2N1S(=O)(=O)c1ccc(N=C=S)cc1. The molecule has 1 heterocycles. The van der Waals surface area contributed by atoms with E-state index in [9.17, 15) is 8.42 Å². The summed E-state index contributed by atoms with van der Waals surface area (Å²) in [6.07, 6.45) is 1.70. The fourth-order valence-electron chi connectivity index (χ4n) is 2.88. The van der Waals surface area contributed by atoms with Gasteiger partial charge in [0.25, 0.3) is 10.0 Å². The number of anilines is 1. The number of para-hydroxylation sites is 1. The summed E-state index contributed by atoms with van der Waals surface area (Å²) in [6, 6.07) is 14.0. The number of nitrogens with zero attached hydrogens (tertiary/aromatic N) is 2. The van der Waals surface area contributed by atoms with Crippen molar-refractivity contribution >= 4 is 38.8 Å². The first kappa shape index (κ1) is 15.9. The number of hydrogen-bond donors (Lipinski definition) is 0. The maximum Gasteiger partial charge on any atom is 0.264 e. The molecule has 0 radical (unpaired) electrons. The number of aliphatic imine (C=N–C) groups is 1. The first-order chi connectivity index (χ1) is 11.0. The maximum atomic E-state index is 13.1. The van der Waals surface area contributed by atoms with Gasteiger partial charge in [0.1, 0.15) is 0 Å². The van der Waals surface area contributed by atoms with Crippen LogP contribution in [0.25, 0.3) is 0 Å². The highest BCUT2D eigenvalue weighted by Gasteiger charge is 2.33. The third kappa shape index (κ3) is 2.93. The third-order valence-corrected chi connectivity index (χ3v) is 6.06. The molecule has 0 bridgehead atoms. The predicted molar refractivity (Wildman–Crippen MR) is 95.0 cm³/mol. The highest BCUT2D eigenvalue weighted by atomic mass is 32.2. The van der Waals surface area contributed by atoms with Crippen LogP contribution in [0.15, 0.2) is 58.4 Å². The van der Waals surface area contributed by atoms with Crippen molar-refractivity contribution in [3.05, 3.63) is 54.1 Å². The molecule has 1 aliphatic rings. The molecule has 2 aromatic carbocycles. The van der Waals surface area contributed by atoms with Crippen LogP contribution in [-0.2, 0) is 16.4 Å². The molecule has 1 atom stereocenters. The molecule has 0 saturated heterocycles. The topological polar surface area (TPSA) is 49.7 Å². The maximum absolute atomic E-state index is 13.1. The Kier molecular flexibility index (Phi) is 4.31. The van der Waals surface area contributed by atoms with E-state index in [4.69, 9.17) is 0 Å². The Labute approximate surface area is 141 Å². The molecule has 0 aliphatic carbocycles. The van der Waals surface area contributed by atoms with Crippen molar-refractivity contribution in [1.29, 1.82) is 0 Å². The fourth-order valence-corrected chi connectivity index (χ4v) is 4.71. The van der Waals surface area contributed by atoms with Crippen molar-refractivity contribution in [3.8, 4) is 0 Å². The van der Waals surface area contributed by atoms with E-state index in [2.05, 4.69) is 22.4 Å². The molecule has 2 aromatic rings. The van der Waals surface area contributed by atoms with Gasteiger partial charge in [-0.3, -0.25) is 4.31 Å². The van der Waals surface area contributed by atoms with Crippen LogP contribution in [0.4, 0.5) is 11.4 Å². The summed E-state index contributed by atoms with van der Waals surface area (Å²) in [5.41, 5.74) is 2.43.